The number of nitrogens with two attached hydrogens (primary N) is 1. The van der Waals surface area contributed by atoms with E-state index in [2.05, 4.69) is 57.7 Å². The number of hydrogen-bond acceptors (Lipinski definition) is 9. The van der Waals surface area contributed by atoms with Gasteiger partial charge in [-0.15, -0.1) is 5.10 Å². The zero-order valence-electron chi connectivity index (χ0n) is 24.9. The van der Waals surface area contributed by atoms with Gasteiger partial charge in [0.15, 0.2) is 11.4 Å². The van der Waals surface area contributed by atoms with Crippen molar-refractivity contribution in [3.05, 3.63) is 96.4 Å². The first-order chi connectivity index (χ1) is 21.4. The van der Waals surface area contributed by atoms with Gasteiger partial charge in [-0.2, -0.15) is 9.61 Å². The van der Waals surface area contributed by atoms with Crippen LogP contribution in [0.15, 0.2) is 89.7 Å². The van der Waals surface area contributed by atoms with Gasteiger partial charge in [-0.05, 0) is 43.7 Å². The van der Waals surface area contributed by atoms with E-state index < -0.39 is 5.54 Å². The minimum absolute atomic E-state index is 0.0417. The van der Waals surface area contributed by atoms with Crippen LogP contribution in [0.2, 0.25) is 0 Å². The van der Waals surface area contributed by atoms with E-state index in [1.165, 1.54) is 7.11 Å². The van der Waals surface area contributed by atoms with E-state index in [1.54, 1.807) is 10.8 Å². The summed E-state index contributed by atoms with van der Waals surface area (Å²) < 4.78 is 14.3. The topological polar surface area (TPSA) is 120 Å². The molecule has 11 nitrogen and oxygen atoms in total. The Morgan fingerprint density at radius 1 is 1.02 bits per heavy atom. The van der Waals surface area contributed by atoms with E-state index >= 15 is 0 Å². The average molecular weight is 591 g/mol. The van der Waals surface area contributed by atoms with Crippen molar-refractivity contribution in [3.8, 4) is 11.6 Å². The molecule has 2 atom stereocenters. The van der Waals surface area contributed by atoms with Crippen molar-refractivity contribution >= 4 is 34.0 Å². The number of piperazine rings is 1. The van der Waals surface area contributed by atoms with Crippen LogP contribution in [0.1, 0.15) is 29.8 Å². The van der Waals surface area contributed by atoms with E-state index in [-0.39, 0.29) is 12.0 Å². The van der Waals surface area contributed by atoms with Crippen LogP contribution < -0.4 is 10.6 Å². The highest BCUT2D eigenvalue weighted by Crippen LogP contribution is 2.37. The zero-order valence-corrected chi connectivity index (χ0v) is 24.9. The molecule has 2 aromatic carbocycles. The van der Waals surface area contributed by atoms with Gasteiger partial charge >= 0.3 is 5.97 Å². The van der Waals surface area contributed by atoms with Gasteiger partial charge < -0.3 is 19.8 Å². The van der Waals surface area contributed by atoms with Gasteiger partial charge in [-0.25, -0.2) is 9.78 Å². The number of nitrogens with zero attached hydrogens (tertiary/aromatic N) is 7. The molecule has 0 aliphatic carbocycles. The first kappa shape index (κ1) is 27.7. The lowest BCUT2D eigenvalue weighted by atomic mass is 9.84. The van der Waals surface area contributed by atoms with Crippen molar-refractivity contribution in [2.24, 2.45) is 0 Å². The van der Waals surface area contributed by atoms with Gasteiger partial charge in [0.25, 0.3) is 0 Å². The van der Waals surface area contributed by atoms with Gasteiger partial charge in [0, 0.05) is 38.3 Å². The lowest BCUT2D eigenvalue weighted by Crippen LogP contribution is -2.57. The fourth-order valence-corrected chi connectivity index (χ4v) is 6.47. The third-order valence-corrected chi connectivity index (χ3v) is 9.05. The maximum absolute atomic E-state index is 12.5. The predicted octanol–water partition coefficient (Wildman–Crippen LogP) is 4.68. The molecule has 224 valence electrons. The number of furan rings is 1. The van der Waals surface area contributed by atoms with Gasteiger partial charge in [0.2, 0.25) is 5.82 Å². The Bertz CT molecular complexity index is 1940. The Hall–Kier alpha value is -5.16. The van der Waals surface area contributed by atoms with Crippen LogP contribution >= 0.6 is 0 Å². The molecular formula is C33H34N8O3. The molecule has 1 aliphatic heterocycles. The number of carbonyl (C=O) groups excluding carboxylic acids is 1. The Labute approximate surface area is 254 Å². The highest BCUT2D eigenvalue weighted by molar-refractivity contribution is 5.96. The Kier molecular flexibility index (Phi) is 6.81. The van der Waals surface area contributed by atoms with Crippen molar-refractivity contribution in [2.75, 3.05) is 43.9 Å². The Balaban J connectivity index is 1.26. The summed E-state index contributed by atoms with van der Waals surface area (Å²) >= 11 is 0. The van der Waals surface area contributed by atoms with Crippen LogP contribution in [0, 0.1) is 0 Å². The summed E-state index contributed by atoms with van der Waals surface area (Å²) in [5.41, 5.74) is 10.1. The van der Waals surface area contributed by atoms with Crippen molar-refractivity contribution < 1.29 is 13.9 Å². The van der Waals surface area contributed by atoms with Crippen molar-refractivity contribution in [3.63, 3.8) is 0 Å². The molecule has 1 fully saturated rings. The number of methoxy groups -OCH3 is 1. The second-order valence-corrected chi connectivity index (χ2v) is 11.3. The van der Waals surface area contributed by atoms with Crippen molar-refractivity contribution in [1.29, 1.82) is 0 Å². The Morgan fingerprint density at radius 2 is 1.77 bits per heavy atom. The summed E-state index contributed by atoms with van der Waals surface area (Å²) in [5.74, 6) is 1.17. The van der Waals surface area contributed by atoms with Gasteiger partial charge in [0.1, 0.15) is 11.4 Å². The molecule has 0 amide bonds. The summed E-state index contributed by atoms with van der Waals surface area (Å²) in [6.45, 7) is 7.64. The molecule has 11 heteroatoms. The van der Waals surface area contributed by atoms with Crippen LogP contribution in [0.25, 0.3) is 28.1 Å². The molecule has 1 saturated heterocycles. The molecule has 2 N–H and O–H groups in total. The van der Waals surface area contributed by atoms with E-state index in [4.69, 9.17) is 25.0 Å². The number of para-hydroxylation sites is 1. The van der Waals surface area contributed by atoms with E-state index in [0.29, 0.717) is 28.6 Å². The molecule has 2 unspecified atom stereocenters. The number of aromatic nitrogens is 5. The van der Waals surface area contributed by atoms with Gasteiger partial charge in [-0.1, -0.05) is 42.5 Å². The molecule has 0 radical (unpaired) electrons. The third-order valence-electron chi connectivity index (χ3n) is 9.05. The minimum atomic E-state index is -0.566. The monoisotopic (exact) mass is 590 g/mol. The second kappa shape index (κ2) is 10.8. The number of anilines is 2. The fraction of sp³-hybridized carbons (Fsp3) is 0.273. The number of nitrogen functional groups attached to an aromatic ring is 1. The number of esters is 1. The zero-order chi connectivity index (χ0) is 30.4. The summed E-state index contributed by atoms with van der Waals surface area (Å²) in [5, 5.41) is 10.4. The molecule has 7 rings (SSSR count). The largest absolute Gasteiger partial charge is 0.465 e. The highest BCUT2D eigenvalue weighted by Gasteiger charge is 2.41. The molecule has 44 heavy (non-hydrogen) atoms. The number of hydrogen-bond donors (Lipinski definition) is 1. The Morgan fingerprint density at radius 3 is 2.50 bits per heavy atom. The lowest BCUT2D eigenvalue weighted by Gasteiger charge is -2.46. The highest BCUT2D eigenvalue weighted by atomic mass is 16.5. The third kappa shape index (κ3) is 4.39. The second-order valence-electron chi connectivity index (χ2n) is 11.3. The quantitative estimate of drug-likeness (QED) is 0.264. The summed E-state index contributed by atoms with van der Waals surface area (Å²) in [4.78, 5) is 22.0. The lowest BCUT2D eigenvalue weighted by molar-refractivity contribution is 0.0601. The van der Waals surface area contributed by atoms with Gasteiger partial charge in [0.05, 0.1) is 41.7 Å². The molecule has 5 heterocycles. The number of benzene rings is 2. The standard InChI is InChI=1S/C33H34N8O3/c1-22(38-15-17-39(18-16-38)26-13-8-7-12-24(26)32(42)43-3)33(2,23-10-5-4-6-11-23)41-27-20-29(34)40-31(25(27)21-35-41)36-30(37-40)28-14-9-19-44-28/h4-14,19-22H,15-18,34H2,1-3H3. The van der Waals surface area contributed by atoms with Crippen LogP contribution in [-0.2, 0) is 10.3 Å². The summed E-state index contributed by atoms with van der Waals surface area (Å²) in [6.07, 6.45) is 3.45. The maximum Gasteiger partial charge on any atom is 0.339 e. The van der Waals surface area contributed by atoms with E-state index in [9.17, 15) is 4.79 Å². The van der Waals surface area contributed by atoms with Crippen molar-refractivity contribution in [1.82, 2.24) is 29.3 Å². The number of ether oxygens (including phenoxy) is 1. The van der Waals surface area contributed by atoms with Crippen LogP contribution in [0.4, 0.5) is 11.5 Å². The molecule has 4 aromatic heterocycles. The predicted molar refractivity (Wildman–Crippen MR) is 169 cm³/mol. The summed E-state index contributed by atoms with van der Waals surface area (Å²) in [6, 6.07) is 23.7. The van der Waals surface area contributed by atoms with E-state index in [0.717, 1.165) is 48.3 Å². The number of fused-ring (bicyclic) bond motifs is 3. The van der Waals surface area contributed by atoms with Crippen molar-refractivity contribution in [2.45, 2.75) is 25.4 Å². The van der Waals surface area contributed by atoms with Crippen LogP contribution in [0.3, 0.4) is 0 Å². The average Bonchev–Trinajstić information content (AvgIpc) is 3.85. The first-order valence-electron chi connectivity index (χ1n) is 14.7. The fourth-order valence-electron chi connectivity index (χ4n) is 6.47. The SMILES string of the molecule is COC(=O)c1ccccc1N1CCN(C(C)C(C)(c2ccccc2)n2ncc3c2cc(N)n2nc(-c4ccco4)nc32)CC1. The number of carbonyl (C=O) groups is 1. The van der Waals surface area contributed by atoms with E-state index in [1.807, 2.05) is 54.7 Å². The molecule has 1 aliphatic rings. The maximum atomic E-state index is 12.5. The minimum Gasteiger partial charge on any atom is -0.465 e. The summed E-state index contributed by atoms with van der Waals surface area (Å²) in [7, 11) is 1.42. The molecule has 0 spiro atoms. The van der Waals surface area contributed by atoms with Gasteiger partial charge in [-0.3, -0.25) is 9.58 Å². The molecular weight excluding hydrogens is 556 g/mol. The van der Waals surface area contributed by atoms with Crippen LogP contribution in [-0.4, -0.2) is 74.6 Å². The first-order valence-corrected chi connectivity index (χ1v) is 14.7. The molecule has 0 bridgehead atoms. The van der Waals surface area contributed by atoms with Crippen LogP contribution in [0.5, 0.6) is 0 Å². The molecule has 0 saturated carbocycles. The number of pyridine rings is 1. The smallest absolute Gasteiger partial charge is 0.339 e. The number of rotatable bonds is 7. The molecule has 6 aromatic rings. The normalized spacial score (nSPS) is 16.3.